The first-order chi connectivity index (χ1) is 12.2. The van der Waals surface area contributed by atoms with Crippen LogP contribution in [-0.4, -0.2) is 58.8 Å². The van der Waals surface area contributed by atoms with Gasteiger partial charge in [-0.05, 0) is 19.1 Å². The highest BCUT2D eigenvalue weighted by Crippen LogP contribution is 2.32. The van der Waals surface area contributed by atoms with Crippen LogP contribution in [0.3, 0.4) is 0 Å². The van der Waals surface area contributed by atoms with Crippen molar-refractivity contribution in [3.8, 4) is 5.69 Å². The maximum absolute atomic E-state index is 12.9. The Morgan fingerprint density at radius 2 is 2.08 bits per heavy atom. The van der Waals surface area contributed by atoms with Crippen molar-refractivity contribution in [1.29, 1.82) is 0 Å². The zero-order chi connectivity index (χ0) is 17.4. The van der Waals surface area contributed by atoms with Gasteiger partial charge in [0.25, 0.3) is 0 Å². The largest absolute Gasteiger partial charge is 0.465 e. The molecule has 8 nitrogen and oxygen atoms in total. The van der Waals surface area contributed by atoms with Crippen molar-refractivity contribution in [1.82, 2.24) is 14.7 Å². The lowest BCUT2D eigenvalue weighted by molar-refractivity contribution is -0.141. The molecule has 0 aliphatic carbocycles. The van der Waals surface area contributed by atoms with E-state index < -0.39 is 5.97 Å². The van der Waals surface area contributed by atoms with Gasteiger partial charge in [0.15, 0.2) is 5.82 Å². The summed E-state index contributed by atoms with van der Waals surface area (Å²) < 4.78 is 6.69. The zero-order valence-electron chi connectivity index (χ0n) is 13.8. The van der Waals surface area contributed by atoms with Crippen molar-refractivity contribution >= 4 is 23.7 Å². The number of aliphatic imine (C=N–C) groups is 1. The van der Waals surface area contributed by atoms with Crippen LogP contribution >= 0.6 is 0 Å². The molecular formula is C17H17N5O3. The molecule has 0 saturated heterocycles. The molecule has 0 fully saturated rings. The fraction of sp³-hybridized carbons (Fsp3) is 0.294. The van der Waals surface area contributed by atoms with Gasteiger partial charge in [-0.2, -0.15) is 5.10 Å². The summed E-state index contributed by atoms with van der Waals surface area (Å²) in [6.45, 7) is 2.89. The molecule has 128 valence electrons. The molecular weight excluding hydrogens is 322 g/mol. The van der Waals surface area contributed by atoms with Crippen molar-refractivity contribution in [2.45, 2.75) is 6.92 Å². The fourth-order valence-electron chi connectivity index (χ4n) is 3.10. The van der Waals surface area contributed by atoms with Gasteiger partial charge < -0.3 is 4.74 Å². The Morgan fingerprint density at radius 1 is 1.28 bits per heavy atom. The number of nitrogens with zero attached hydrogens (tertiary/aromatic N) is 5. The average Bonchev–Trinajstić information content (AvgIpc) is 3.26. The number of carbonyl (C=O) groups is 2. The third-order valence-corrected chi connectivity index (χ3v) is 4.14. The molecule has 0 bridgehead atoms. The standard InChI is InChI=1S/C17H17N5O3/c1-2-25-14(23)11-21-16-13(15-18-8-9-20(15)17(21)24)10-19-22(16)12-6-4-3-5-7-12/h3-7,10H,2,8-9,11H2,1H3. The van der Waals surface area contributed by atoms with Crippen LogP contribution in [0.5, 0.6) is 0 Å². The van der Waals surface area contributed by atoms with Gasteiger partial charge in [-0.1, -0.05) is 18.2 Å². The van der Waals surface area contributed by atoms with Gasteiger partial charge in [-0.25, -0.2) is 9.48 Å². The number of ether oxygens (including phenoxy) is 1. The van der Waals surface area contributed by atoms with Crippen LogP contribution in [0.4, 0.5) is 10.6 Å². The number of anilines is 1. The Kier molecular flexibility index (Phi) is 3.72. The van der Waals surface area contributed by atoms with E-state index in [0.717, 1.165) is 11.3 Å². The van der Waals surface area contributed by atoms with Crippen molar-refractivity contribution in [2.75, 3.05) is 31.1 Å². The normalized spacial score (nSPS) is 15.7. The van der Waals surface area contributed by atoms with Gasteiger partial charge in [0.2, 0.25) is 0 Å². The van der Waals surface area contributed by atoms with Crippen LogP contribution in [-0.2, 0) is 9.53 Å². The quantitative estimate of drug-likeness (QED) is 0.790. The van der Waals surface area contributed by atoms with Gasteiger partial charge in [-0.3, -0.25) is 19.6 Å². The van der Waals surface area contributed by atoms with E-state index in [1.165, 1.54) is 4.90 Å². The molecule has 4 rings (SSSR count). The maximum atomic E-state index is 12.9. The molecule has 1 aromatic carbocycles. The van der Waals surface area contributed by atoms with Gasteiger partial charge in [0, 0.05) is 6.54 Å². The Morgan fingerprint density at radius 3 is 2.84 bits per heavy atom. The van der Waals surface area contributed by atoms with Crippen molar-refractivity contribution in [3.63, 3.8) is 0 Å². The van der Waals surface area contributed by atoms with Crippen LogP contribution in [0.15, 0.2) is 41.5 Å². The van der Waals surface area contributed by atoms with Crippen LogP contribution in [0.25, 0.3) is 5.69 Å². The van der Waals surface area contributed by atoms with E-state index in [4.69, 9.17) is 4.74 Å². The number of aromatic nitrogens is 2. The van der Waals surface area contributed by atoms with E-state index in [0.29, 0.717) is 24.7 Å². The summed E-state index contributed by atoms with van der Waals surface area (Å²) in [7, 11) is 0. The number of hydrogen-bond donors (Lipinski definition) is 0. The van der Waals surface area contributed by atoms with Crippen LogP contribution in [0, 0.1) is 0 Å². The zero-order valence-corrected chi connectivity index (χ0v) is 13.8. The minimum absolute atomic E-state index is 0.165. The van der Waals surface area contributed by atoms with Crippen LogP contribution in [0.2, 0.25) is 0 Å². The highest BCUT2D eigenvalue weighted by atomic mass is 16.5. The second kappa shape index (κ2) is 6.04. The second-order valence-corrected chi connectivity index (χ2v) is 5.66. The number of esters is 1. The van der Waals surface area contributed by atoms with Crippen molar-refractivity contribution in [3.05, 3.63) is 42.1 Å². The Labute approximate surface area is 144 Å². The molecule has 0 radical (unpaired) electrons. The molecule has 0 unspecified atom stereocenters. The summed E-state index contributed by atoms with van der Waals surface area (Å²) in [6, 6.07) is 9.19. The topological polar surface area (TPSA) is 80.0 Å². The summed E-state index contributed by atoms with van der Waals surface area (Å²) in [5, 5.41) is 4.43. The van der Waals surface area contributed by atoms with E-state index >= 15 is 0 Å². The third kappa shape index (κ3) is 2.46. The number of urea groups is 1. The molecule has 2 aliphatic rings. The molecule has 2 aliphatic heterocycles. The molecule has 8 heteroatoms. The predicted octanol–water partition coefficient (Wildman–Crippen LogP) is 1.44. The van der Waals surface area contributed by atoms with Gasteiger partial charge in [0.05, 0.1) is 30.6 Å². The van der Waals surface area contributed by atoms with E-state index in [9.17, 15) is 9.59 Å². The molecule has 0 saturated carbocycles. The monoisotopic (exact) mass is 339 g/mol. The first kappa shape index (κ1) is 15.4. The number of carbonyl (C=O) groups excluding carboxylic acids is 2. The first-order valence-electron chi connectivity index (χ1n) is 8.13. The van der Waals surface area contributed by atoms with E-state index in [1.54, 1.807) is 22.7 Å². The van der Waals surface area contributed by atoms with Crippen molar-refractivity contribution < 1.29 is 14.3 Å². The second-order valence-electron chi connectivity index (χ2n) is 5.66. The number of hydrogen-bond acceptors (Lipinski definition) is 5. The fourth-order valence-corrected chi connectivity index (χ4v) is 3.10. The molecule has 2 amide bonds. The minimum atomic E-state index is -0.456. The molecule has 0 atom stereocenters. The number of benzene rings is 1. The summed E-state index contributed by atoms with van der Waals surface area (Å²) in [4.78, 5) is 32.4. The van der Waals surface area contributed by atoms with Crippen molar-refractivity contribution in [2.24, 2.45) is 4.99 Å². The molecule has 0 spiro atoms. The number of rotatable bonds is 4. The van der Waals surface area contributed by atoms with Crippen LogP contribution < -0.4 is 4.90 Å². The summed E-state index contributed by atoms with van der Waals surface area (Å²) in [5.41, 5.74) is 1.54. The summed E-state index contributed by atoms with van der Waals surface area (Å²) in [5.74, 6) is 0.700. The first-order valence-corrected chi connectivity index (χ1v) is 8.13. The van der Waals surface area contributed by atoms with E-state index in [2.05, 4.69) is 10.1 Å². The highest BCUT2D eigenvalue weighted by Gasteiger charge is 2.41. The molecule has 0 N–H and O–H groups in total. The van der Waals surface area contributed by atoms with Gasteiger partial charge in [0.1, 0.15) is 12.4 Å². The summed E-state index contributed by atoms with van der Waals surface area (Å²) >= 11 is 0. The SMILES string of the molecule is CCOC(=O)CN1C(=O)N2CCN=C2c2cnn(-c3ccccc3)c21. The minimum Gasteiger partial charge on any atom is -0.465 e. The molecule has 1 aromatic heterocycles. The lowest BCUT2D eigenvalue weighted by Crippen LogP contribution is -2.52. The highest BCUT2D eigenvalue weighted by molar-refractivity contribution is 6.20. The maximum Gasteiger partial charge on any atom is 0.331 e. The summed E-state index contributed by atoms with van der Waals surface area (Å²) in [6.07, 6.45) is 1.68. The lowest BCUT2D eigenvalue weighted by atomic mass is 10.2. The number of amides is 2. The predicted molar refractivity (Wildman–Crippen MR) is 91.0 cm³/mol. The lowest BCUT2D eigenvalue weighted by Gasteiger charge is -2.33. The smallest absolute Gasteiger partial charge is 0.331 e. The third-order valence-electron chi connectivity index (χ3n) is 4.14. The van der Waals surface area contributed by atoms with Gasteiger partial charge in [-0.15, -0.1) is 0 Å². The molecule has 2 aromatic rings. The van der Waals surface area contributed by atoms with E-state index in [-0.39, 0.29) is 19.2 Å². The average molecular weight is 339 g/mol. The Hall–Kier alpha value is -3.16. The number of fused-ring (bicyclic) bond motifs is 3. The van der Waals surface area contributed by atoms with E-state index in [1.807, 2.05) is 30.3 Å². The Balaban J connectivity index is 1.83. The molecule has 25 heavy (non-hydrogen) atoms. The van der Waals surface area contributed by atoms with Crippen LogP contribution in [0.1, 0.15) is 12.5 Å². The number of para-hydroxylation sites is 1. The molecule has 3 heterocycles. The number of amidine groups is 1. The Bertz CT molecular complexity index is 858. The van der Waals surface area contributed by atoms with Gasteiger partial charge >= 0.3 is 12.0 Å².